The first-order valence-corrected chi connectivity index (χ1v) is 12.2. The number of ether oxygens (including phenoxy) is 2. The molecule has 0 saturated carbocycles. The van der Waals surface area contributed by atoms with Crippen molar-refractivity contribution in [2.24, 2.45) is 16.7 Å². The Labute approximate surface area is 203 Å². The molecule has 1 fully saturated rings. The van der Waals surface area contributed by atoms with E-state index in [4.69, 9.17) is 4.74 Å². The molecule has 1 aliphatic rings. The lowest BCUT2D eigenvalue weighted by Gasteiger charge is -2.48. The average Bonchev–Trinajstić information content (AvgIpc) is 3.20. The van der Waals surface area contributed by atoms with Gasteiger partial charge in [-0.15, -0.1) is 11.3 Å². The van der Waals surface area contributed by atoms with Crippen molar-refractivity contribution in [2.75, 3.05) is 20.2 Å². The second-order valence-corrected chi connectivity index (χ2v) is 11.4. The second kappa shape index (κ2) is 10.7. The zero-order valence-corrected chi connectivity index (χ0v) is 21.2. The number of likely N-dealkylation sites (tertiary alicyclic amines) is 1. The molecule has 6 nitrogen and oxygen atoms in total. The maximum absolute atomic E-state index is 12.8. The number of thiazole rings is 1. The fourth-order valence-corrected chi connectivity index (χ4v) is 5.68. The van der Waals surface area contributed by atoms with Crippen LogP contribution in [0, 0.1) is 16.7 Å². The van der Waals surface area contributed by atoms with Crippen molar-refractivity contribution in [1.82, 2.24) is 9.88 Å². The zero-order chi connectivity index (χ0) is 25.1. The molecule has 1 aromatic carbocycles. The Bertz CT molecular complexity index is 978. The number of hydrogen-bond acceptors (Lipinski definition) is 6. The van der Waals surface area contributed by atoms with Crippen LogP contribution in [0.25, 0.3) is 10.6 Å². The molecule has 9 heteroatoms. The molecular weight excluding hydrogens is 462 g/mol. The number of halogens is 2. The molecule has 1 aliphatic heterocycles. The molecule has 2 heterocycles. The summed E-state index contributed by atoms with van der Waals surface area (Å²) in [5, 5.41) is 10.9. The molecule has 1 N–H and O–H groups in total. The van der Waals surface area contributed by atoms with Gasteiger partial charge in [-0.2, -0.15) is 8.78 Å². The molecule has 188 valence electrons. The molecule has 1 saturated heterocycles. The van der Waals surface area contributed by atoms with Gasteiger partial charge in [-0.3, -0.25) is 9.69 Å². The Morgan fingerprint density at radius 3 is 2.68 bits per heavy atom. The third-order valence-electron chi connectivity index (χ3n) is 6.67. The highest BCUT2D eigenvalue weighted by atomic mass is 32.1. The van der Waals surface area contributed by atoms with E-state index in [9.17, 15) is 18.7 Å². The molecular formula is C25H34F2N2O4S. The SMILES string of the molecule is COC(C)C[C@@]1(C(=O)O)C[C@@H](C(C)(C)C)CN(Cc2cnc(-c3ccccc3OC(F)F)s2)C1. The topological polar surface area (TPSA) is 71.9 Å². The van der Waals surface area contributed by atoms with Crippen molar-refractivity contribution < 1.29 is 28.2 Å². The lowest BCUT2D eigenvalue weighted by Crippen LogP contribution is -2.54. The number of benzene rings is 1. The van der Waals surface area contributed by atoms with Crippen LogP contribution in [0.3, 0.4) is 0 Å². The predicted molar refractivity (Wildman–Crippen MR) is 128 cm³/mol. The Balaban J connectivity index is 1.86. The molecule has 34 heavy (non-hydrogen) atoms. The van der Waals surface area contributed by atoms with E-state index >= 15 is 0 Å². The van der Waals surface area contributed by atoms with Gasteiger partial charge in [-0.1, -0.05) is 32.9 Å². The number of carbonyl (C=O) groups is 1. The first kappa shape index (κ1) is 26.5. The van der Waals surface area contributed by atoms with Crippen molar-refractivity contribution in [3.05, 3.63) is 35.3 Å². The first-order valence-electron chi connectivity index (χ1n) is 11.4. The van der Waals surface area contributed by atoms with E-state index in [0.29, 0.717) is 36.5 Å². The van der Waals surface area contributed by atoms with Crippen LogP contribution in [-0.4, -0.2) is 53.9 Å². The molecule has 2 aromatic rings. The fourth-order valence-electron chi connectivity index (χ4n) is 4.70. The number of carboxylic acids is 1. The van der Waals surface area contributed by atoms with Gasteiger partial charge in [0, 0.05) is 37.8 Å². The summed E-state index contributed by atoms with van der Waals surface area (Å²) in [6, 6.07) is 6.60. The number of aliphatic carboxylic acids is 1. The Morgan fingerprint density at radius 1 is 1.35 bits per heavy atom. The van der Waals surface area contributed by atoms with Gasteiger partial charge in [0.2, 0.25) is 0 Å². The maximum Gasteiger partial charge on any atom is 0.387 e. The van der Waals surface area contributed by atoms with Crippen molar-refractivity contribution in [2.45, 2.75) is 59.8 Å². The first-order chi connectivity index (χ1) is 15.9. The lowest BCUT2D eigenvalue weighted by atomic mass is 9.65. The van der Waals surface area contributed by atoms with Gasteiger partial charge in [0.05, 0.1) is 17.1 Å². The highest BCUT2D eigenvalue weighted by Gasteiger charge is 2.49. The van der Waals surface area contributed by atoms with E-state index in [1.165, 1.54) is 17.4 Å². The molecule has 3 rings (SSSR count). The normalized spacial score (nSPS) is 22.6. The molecule has 0 bridgehead atoms. The molecule has 0 radical (unpaired) electrons. The highest BCUT2D eigenvalue weighted by molar-refractivity contribution is 7.15. The van der Waals surface area contributed by atoms with Gasteiger partial charge in [-0.25, -0.2) is 4.98 Å². The number of aromatic nitrogens is 1. The summed E-state index contributed by atoms with van der Waals surface area (Å²) >= 11 is 1.41. The van der Waals surface area contributed by atoms with Crippen LogP contribution < -0.4 is 4.74 Å². The predicted octanol–water partition coefficient (Wildman–Crippen LogP) is 5.78. The Kier molecular flexibility index (Phi) is 8.31. The quantitative estimate of drug-likeness (QED) is 0.475. The largest absolute Gasteiger partial charge is 0.481 e. The molecule has 1 aromatic heterocycles. The van der Waals surface area contributed by atoms with E-state index in [0.717, 1.165) is 11.4 Å². The molecule has 0 amide bonds. The molecule has 0 aliphatic carbocycles. The van der Waals surface area contributed by atoms with E-state index in [-0.39, 0.29) is 23.2 Å². The number of para-hydroxylation sites is 1. The maximum atomic E-state index is 12.8. The van der Waals surface area contributed by atoms with E-state index in [2.05, 4.69) is 35.4 Å². The summed E-state index contributed by atoms with van der Waals surface area (Å²) in [6.45, 7) is 7.18. The van der Waals surface area contributed by atoms with Crippen LogP contribution in [0.15, 0.2) is 30.5 Å². The molecule has 0 spiro atoms. The number of carboxylic acid groups (broad SMARTS) is 1. The van der Waals surface area contributed by atoms with Gasteiger partial charge in [-0.05, 0) is 43.2 Å². The van der Waals surface area contributed by atoms with Crippen LogP contribution in [-0.2, 0) is 16.1 Å². The Hall–Kier alpha value is -2.10. The minimum absolute atomic E-state index is 0.0555. The molecule has 3 atom stereocenters. The van der Waals surface area contributed by atoms with E-state index < -0.39 is 18.0 Å². The van der Waals surface area contributed by atoms with Crippen molar-refractivity contribution in [1.29, 1.82) is 0 Å². The van der Waals surface area contributed by atoms with Gasteiger partial charge in [0.15, 0.2) is 0 Å². The minimum atomic E-state index is -2.91. The lowest BCUT2D eigenvalue weighted by molar-refractivity contribution is -0.159. The van der Waals surface area contributed by atoms with Gasteiger partial charge >= 0.3 is 12.6 Å². The van der Waals surface area contributed by atoms with E-state index in [1.807, 2.05) is 6.92 Å². The fraction of sp³-hybridized carbons (Fsp3) is 0.600. The number of hydrogen-bond donors (Lipinski definition) is 1. The van der Waals surface area contributed by atoms with Gasteiger partial charge < -0.3 is 14.6 Å². The highest BCUT2D eigenvalue weighted by Crippen LogP contribution is 2.45. The zero-order valence-electron chi connectivity index (χ0n) is 20.4. The summed E-state index contributed by atoms with van der Waals surface area (Å²) in [5.74, 6) is -0.519. The third kappa shape index (κ3) is 6.31. The van der Waals surface area contributed by atoms with E-state index in [1.54, 1.807) is 31.5 Å². The summed E-state index contributed by atoms with van der Waals surface area (Å²) in [5.41, 5.74) is -0.448. The monoisotopic (exact) mass is 496 g/mol. The second-order valence-electron chi connectivity index (χ2n) is 10.3. The van der Waals surface area contributed by atoms with Gasteiger partial charge in [0.25, 0.3) is 0 Å². The van der Waals surface area contributed by atoms with Crippen molar-refractivity contribution in [3.8, 4) is 16.3 Å². The summed E-state index contributed by atoms with van der Waals surface area (Å²) in [4.78, 5) is 20.1. The van der Waals surface area contributed by atoms with Crippen molar-refractivity contribution in [3.63, 3.8) is 0 Å². The number of alkyl halides is 2. The third-order valence-corrected chi connectivity index (χ3v) is 7.68. The average molecular weight is 497 g/mol. The number of piperidine rings is 1. The number of methoxy groups -OCH3 is 1. The van der Waals surface area contributed by atoms with Crippen LogP contribution in [0.1, 0.15) is 45.4 Å². The summed E-state index contributed by atoms with van der Waals surface area (Å²) < 4.78 is 35.7. The number of nitrogens with zero attached hydrogens (tertiary/aromatic N) is 2. The van der Waals surface area contributed by atoms with Gasteiger partial charge in [0.1, 0.15) is 10.8 Å². The summed E-state index contributed by atoms with van der Waals surface area (Å²) in [7, 11) is 1.61. The number of rotatable bonds is 9. The standard InChI is InChI=1S/C25H34F2N2O4S/c1-16(32-5)10-25(22(30)31)11-17(24(2,3)4)13-29(15-25)14-18-12-28-21(34-18)19-8-6-7-9-20(19)33-23(26)27/h6-9,12,16-17,23H,10-11,13-15H2,1-5H3,(H,30,31)/t16?,17-,25-/m1/s1. The Morgan fingerprint density at radius 2 is 2.06 bits per heavy atom. The van der Waals surface area contributed by atoms with Crippen LogP contribution in [0.2, 0.25) is 0 Å². The summed E-state index contributed by atoms with van der Waals surface area (Å²) in [6.07, 6.45) is 2.61. The molecule has 1 unspecified atom stereocenters. The van der Waals surface area contributed by atoms with Crippen LogP contribution >= 0.6 is 11.3 Å². The van der Waals surface area contributed by atoms with Crippen molar-refractivity contribution >= 4 is 17.3 Å². The van der Waals surface area contributed by atoms with Crippen LogP contribution in [0.5, 0.6) is 5.75 Å². The minimum Gasteiger partial charge on any atom is -0.481 e. The van der Waals surface area contributed by atoms with Crippen LogP contribution in [0.4, 0.5) is 8.78 Å². The smallest absolute Gasteiger partial charge is 0.387 e.